The molecule has 0 spiro atoms. The summed E-state index contributed by atoms with van der Waals surface area (Å²) in [6, 6.07) is 6.44. The Balaban J connectivity index is 2.28. The summed E-state index contributed by atoms with van der Waals surface area (Å²) in [5, 5.41) is 19.6. The zero-order chi connectivity index (χ0) is 25.2. The van der Waals surface area contributed by atoms with E-state index in [0.29, 0.717) is 17.5 Å². The zero-order valence-corrected chi connectivity index (χ0v) is 19.8. The van der Waals surface area contributed by atoms with Crippen LogP contribution in [0.2, 0.25) is 5.02 Å². The van der Waals surface area contributed by atoms with Gasteiger partial charge in [-0.2, -0.15) is 14.9 Å². The first kappa shape index (κ1) is 25.3. The van der Waals surface area contributed by atoms with Crippen LogP contribution in [0, 0.1) is 11.6 Å². The number of nitrogens with zero attached hydrogens (tertiary/aromatic N) is 5. The van der Waals surface area contributed by atoms with Crippen LogP contribution in [0.25, 0.3) is 16.5 Å². The lowest BCUT2D eigenvalue weighted by Gasteiger charge is -2.21. The minimum absolute atomic E-state index is 0.00910. The highest BCUT2D eigenvalue weighted by Crippen LogP contribution is 2.30. The first-order chi connectivity index (χ1) is 16.1. The number of carbonyl (C=O) groups excluding carboxylic acids is 1. The third-order valence-electron chi connectivity index (χ3n) is 5.24. The molecule has 0 bridgehead atoms. The molecule has 0 saturated heterocycles. The van der Waals surface area contributed by atoms with Gasteiger partial charge in [0, 0.05) is 19.0 Å². The Morgan fingerprint density at radius 1 is 1.26 bits per heavy atom. The van der Waals surface area contributed by atoms with E-state index in [9.17, 15) is 19.1 Å². The van der Waals surface area contributed by atoms with E-state index >= 15 is 4.39 Å². The number of amidine groups is 1. The third-order valence-corrected chi connectivity index (χ3v) is 5.55. The monoisotopic (exact) mass is 491 g/mol. The van der Waals surface area contributed by atoms with Gasteiger partial charge in [-0.3, -0.25) is 19.5 Å². The molecule has 0 saturated carbocycles. The van der Waals surface area contributed by atoms with Crippen molar-refractivity contribution >= 4 is 40.3 Å². The maximum absolute atomic E-state index is 15.2. The Kier molecular flexibility index (Phi) is 7.63. The van der Waals surface area contributed by atoms with Gasteiger partial charge in [-0.05, 0) is 37.1 Å². The Morgan fingerprint density at radius 2 is 1.97 bits per heavy atom. The van der Waals surface area contributed by atoms with Gasteiger partial charge in [-0.1, -0.05) is 31.5 Å². The number of carbonyl (C=O) groups is 1. The summed E-state index contributed by atoms with van der Waals surface area (Å²) < 4.78 is 30.6. The van der Waals surface area contributed by atoms with Gasteiger partial charge < -0.3 is 5.11 Å². The standard InChI is InChI=1S/C23H24ClF2N5O3/c1-5-30(12-33)20(11-32)27-29(4)19-10-14-15(9-18(19)26)23(34)31(28-21(14)13(2)3)22-16(24)7-6-8-17(22)25/h6-10,12-13,32H,5,11H2,1-4H3/b27-20-. The topological polar surface area (TPSA) is 91.0 Å². The second-order valence-electron chi connectivity index (χ2n) is 7.77. The van der Waals surface area contributed by atoms with Gasteiger partial charge >= 0.3 is 0 Å². The van der Waals surface area contributed by atoms with Crippen molar-refractivity contribution in [3.63, 3.8) is 0 Å². The summed E-state index contributed by atoms with van der Waals surface area (Å²) >= 11 is 6.14. The van der Waals surface area contributed by atoms with E-state index in [-0.39, 0.29) is 40.1 Å². The maximum Gasteiger partial charge on any atom is 0.279 e. The molecule has 1 aromatic heterocycles. The number of aliphatic hydroxyl groups is 1. The number of hydrazone groups is 1. The van der Waals surface area contributed by atoms with Crippen molar-refractivity contribution in [2.45, 2.75) is 26.7 Å². The van der Waals surface area contributed by atoms with Crippen LogP contribution in [0.3, 0.4) is 0 Å². The fraction of sp³-hybridized carbons (Fsp3) is 0.304. The number of amides is 1. The molecular weight excluding hydrogens is 468 g/mol. The highest BCUT2D eigenvalue weighted by molar-refractivity contribution is 6.32. The van der Waals surface area contributed by atoms with E-state index in [1.165, 1.54) is 30.1 Å². The van der Waals surface area contributed by atoms with E-state index in [0.717, 1.165) is 21.8 Å². The van der Waals surface area contributed by atoms with Crippen molar-refractivity contribution < 1.29 is 18.7 Å². The number of hydrogen-bond donors (Lipinski definition) is 1. The summed E-state index contributed by atoms with van der Waals surface area (Å²) in [4.78, 5) is 25.6. The van der Waals surface area contributed by atoms with Crippen molar-refractivity contribution in [3.8, 4) is 5.69 Å². The first-order valence-electron chi connectivity index (χ1n) is 10.5. The fourth-order valence-electron chi connectivity index (χ4n) is 3.51. The van der Waals surface area contributed by atoms with Gasteiger partial charge in [0.1, 0.15) is 18.1 Å². The Morgan fingerprint density at radius 3 is 2.53 bits per heavy atom. The number of para-hydroxylation sites is 1. The highest BCUT2D eigenvalue weighted by atomic mass is 35.5. The molecule has 1 N–H and O–H groups in total. The van der Waals surface area contributed by atoms with E-state index in [4.69, 9.17) is 11.6 Å². The Hall–Kier alpha value is -3.37. The molecule has 3 rings (SSSR count). The molecule has 0 fully saturated rings. The molecule has 0 atom stereocenters. The van der Waals surface area contributed by atoms with E-state index in [1.54, 1.807) is 6.92 Å². The van der Waals surface area contributed by atoms with Gasteiger partial charge in [-0.25, -0.2) is 8.78 Å². The molecule has 0 unspecified atom stereocenters. The number of aromatic nitrogens is 2. The third kappa shape index (κ3) is 4.64. The molecule has 0 radical (unpaired) electrons. The Labute approximate surface area is 199 Å². The minimum atomic E-state index is -0.783. The quantitative estimate of drug-likeness (QED) is 0.236. The average molecular weight is 492 g/mol. The largest absolute Gasteiger partial charge is 0.388 e. The van der Waals surface area contributed by atoms with E-state index in [2.05, 4.69) is 10.2 Å². The molecule has 0 aliphatic heterocycles. The van der Waals surface area contributed by atoms with Gasteiger partial charge in [0.05, 0.1) is 21.8 Å². The fourth-order valence-corrected chi connectivity index (χ4v) is 3.76. The molecule has 8 nitrogen and oxygen atoms in total. The average Bonchev–Trinajstić information content (AvgIpc) is 2.79. The van der Waals surface area contributed by atoms with Crippen molar-refractivity contribution in [1.82, 2.24) is 14.7 Å². The lowest BCUT2D eigenvalue weighted by Crippen LogP contribution is -2.34. The van der Waals surface area contributed by atoms with Gasteiger partial charge in [-0.15, -0.1) is 0 Å². The highest BCUT2D eigenvalue weighted by Gasteiger charge is 2.21. The Bertz CT molecular complexity index is 1310. The SMILES string of the molecule is CCN(C=O)/C(CO)=N\N(C)c1cc2c(C(C)C)nn(-c3c(F)cccc3Cl)c(=O)c2cc1F. The zero-order valence-electron chi connectivity index (χ0n) is 19.1. The molecule has 3 aromatic rings. The van der Waals surface area contributed by atoms with Gasteiger partial charge in [0.25, 0.3) is 5.56 Å². The smallest absolute Gasteiger partial charge is 0.279 e. The van der Waals surface area contributed by atoms with Crippen molar-refractivity contribution in [2.24, 2.45) is 5.10 Å². The molecule has 2 aromatic carbocycles. The van der Waals surface area contributed by atoms with Crippen LogP contribution in [0.15, 0.2) is 40.2 Å². The summed E-state index contributed by atoms with van der Waals surface area (Å²) in [5.74, 6) is -1.72. The van der Waals surface area contributed by atoms with Crippen LogP contribution >= 0.6 is 11.6 Å². The number of aliphatic hydroxyl groups excluding tert-OH is 1. The van der Waals surface area contributed by atoms with Crippen molar-refractivity contribution in [1.29, 1.82) is 0 Å². The van der Waals surface area contributed by atoms with Crippen LogP contribution < -0.4 is 10.6 Å². The lowest BCUT2D eigenvalue weighted by molar-refractivity contribution is -0.114. The van der Waals surface area contributed by atoms with Crippen LogP contribution in [-0.4, -0.2) is 52.2 Å². The van der Waals surface area contributed by atoms with Crippen LogP contribution in [-0.2, 0) is 4.79 Å². The molecule has 1 heterocycles. The molecule has 0 aliphatic rings. The summed E-state index contributed by atoms with van der Waals surface area (Å²) in [7, 11) is 1.45. The van der Waals surface area contributed by atoms with Crippen LogP contribution in [0.1, 0.15) is 32.4 Å². The molecule has 1 amide bonds. The number of rotatable bonds is 7. The maximum atomic E-state index is 15.2. The minimum Gasteiger partial charge on any atom is -0.388 e. The number of halogens is 3. The number of benzene rings is 2. The molecule has 0 aliphatic carbocycles. The first-order valence-corrected chi connectivity index (χ1v) is 10.9. The van der Waals surface area contributed by atoms with Crippen LogP contribution in [0.4, 0.5) is 14.5 Å². The van der Waals surface area contributed by atoms with Gasteiger partial charge in [0.2, 0.25) is 6.41 Å². The number of likely N-dealkylation sites (N-methyl/N-ethyl adjacent to an activating group) is 1. The second kappa shape index (κ2) is 10.3. The second-order valence-corrected chi connectivity index (χ2v) is 8.17. The molecular formula is C23H24ClF2N5O3. The predicted molar refractivity (Wildman–Crippen MR) is 128 cm³/mol. The van der Waals surface area contributed by atoms with E-state index in [1.807, 2.05) is 13.8 Å². The summed E-state index contributed by atoms with van der Waals surface area (Å²) in [5.41, 5.74) is -0.550. The van der Waals surface area contributed by atoms with Crippen LogP contribution in [0.5, 0.6) is 0 Å². The predicted octanol–water partition coefficient (Wildman–Crippen LogP) is 3.66. The normalized spacial score (nSPS) is 11.9. The van der Waals surface area contributed by atoms with Gasteiger partial charge in [0.15, 0.2) is 11.7 Å². The number of hydrogen-bond acceptors (Lipinski definition) is 6. The summed E-state index contributed by atoms with van der Waals surface area (Å²) in [6.45, 7) is 5.08. The molecule has 34 heavy (non-hydrogen) atoms. The summed E-state index contributed by atoms with van der Waals surface area (Å²) in [6.07, 6.45) is 0.511. The molecule has 11 heteroatoms. The van der Waals surface area contributed by atoms with E-state index < -0.39 is 23.8 Å². The number of anilines is 1. The lowest BCUT2D eigenvalue weighted by atomic mass is 10.0. The van der Waals surface area contributed by atoms with Crippen molar-refractivity contribution in [3.05, 3.63) is 63.0 Å². The molecule has 180 valence electrons. The van der Waals surface area contributed by atoms with Crippen molar-refractivity contribution in [2.75, 3.05) is 25.2 Å². The number of fused-ring (bicyclic) bond motifs is 1.